The Morgan fingerprint density at radius 2 is 1.91 bits per heavy atom. The second kappa shape index (κ2) is 11.4. The summed E-state index contributed by atoms with van der Waals surface area (Å²) in [5.74, 6) is 2.89. The molecule has 3 N–H and O–H groups in total. The van der Waals surface area contributed by atoms with Gasteiger partial charge in [0.1, 0.15) is 23.7 Å². The van der Waals surface area contributed by atoms with Crippen molar-refractivity contribution in [3.05, 3.63) is 42.9 Å². The van der Waals surface area contributed by atoms with Gasteiger partial charge in [0.15, 0.2) is 0 Å². The lowest BCUT2D eigenvalue weighted by Crippen LogP contribution is -2.23. The SMILES string of the molecule is CCCCNc1ncc(-c2cc(Nc3ccccc3OC)ncn2)c(NC2CCCCC2)n1. The first-order valence-electron chi connectivity index (χ1n) is 11.9. The minimum absolute atomic E-state index is 0.420. The number of unbranched alkanes of at least 4 members (excludes halogenated alkanes) is 1. The summed E-state index contributed by atoms with van der Waals surface area (Å²) in [4.78, 5) is 18.3. The van der Waals surface area contributed by atoms with Crippen LogP contribution in [0.2, 0.25) is 0 Å². The monoisotopic (exact) mass is 447 g/mol. The van der Waals surface area contributed by atoms with Crippen molar-refractivity contribution in [1.29, 1.82) is 0 Å². The van der Waals surface area contributed by atoms with Gasteiger partial charge in [0.05, 0.1) is 24.1 Å². The molecule has 0 radical (unpaired) electrons. The van der Waals surface area contributed by atoms with Gasteiger partial charge >= 0.3 is 0 Å². The first-order valence-corrected chi connectivity index (χ1v) is 11.9. The Bertz CT molecular complexity index is 1040. The molecule has 1 aliphatic rings. The number of ether oxygens (including phenoxy) is 1. The molecule has 0 atom stereocenters. The van der Waals surface area contributed by atoms with Gasteiger partial charge in [-0.05, 0) is 31.4 Å². The van der Waals surface area contributed by atoms with Crippen LogP contribution in [-0.4, -0.2) is 39.6 Å². The van der Waals surface area contributed by atoms with Crippen LogP contribution in [-0.2, 0) is 0 Å². The fraction of sp³-hybridized carbons (Fsp3) is 0.440. The number of anilines is 4. The van der Waals surface area contributed by atoms with Crippen molar-refractivity contribution in [2.24, 2.45) is 0 Å². The van der Waals surface area contributed by atoms with Crippen molar-refractivity contribution in [2.75, 3.05) is 29.6 Å². The van der Waals surface area contributed by atoms with Crippen molar-refractivity contribution in [3.63, 3.8) is 0 Å². The highest BCUT2D eigenvalue weighted by Crippen LogP contribution is 2.31. The zero-order valence-corrected chi connectivity index (χ0v) is 19.5. The van der Waals surface area contributed by atoms with Crippen LogP contribution in [0.4, 0.5) is 23.3 Å². The summed E-state index contributed by atoms with van der Waals surface area (Å²) in [7, 11) is 1.66. The average molecular weight is 448 g/mol. The van der Waals surface area contributed by atoms with E-state index in [-0.39, 0.29) is 0 Å². The van der Waals surface area contributed by atoms with E-state index in [1.165, 1.54) is 19.3 Å². The van der Waals surface area contributed by atoms with E-state index in [4.69, 9.17) is 9.72 Å². The Kier molecular flexibility index (Phi) is 7.90. The van der Waals surface area contributed by atoms with Crippen molar-refractivity contribution in [2.45, 2.75) is 57.9 Å². The molecule has 0 amide bonds. The molecule has 4 rings (SSSR count). The number of rotatable bonds is 10. The Labute approximate surface area is 195 Å². The Morgan fingerprint density at radius 3 is 2.73 bits per heavy atom. The lowest BCUT2D eigenvalue weighted by Gasteiger charge is -2.24. The molecule has 0 bridgehead atoms. The quantitative estimate of drug-likeness (QED) is 0.343. The van der Waals surface area contributed by atoms with Crippen LogP contribution in [0.25, 0.3) is 11.3 Å². The van der Waals surface area contributed by atoms with Crippen LogP contribution in [0.3, 0.4) is 0 Å². The van der Waals surface area contributed by atoms with Crippen LogP contribution in [0.1, 0.15) is 51.9 Å². The maximum absolute atomic E-state index is 5.45. The normalized spacial score (nSPS) is 14.0. The number of nitrogens with zero attached hydrogens (tertiary/aromatic N) is 4. The van der Waals surface area contributed by atoms with E-state index in [0.29, 0.717) is 17.8 Å². The van der Waals surface area contributed by atoms with Crippen LogP contribution in [0, 0.1) is 0 Å². The summed E-state index contributed by atoms with van der Waals surface area (Å²) in [6, 6.07) is 10.1. The molecule has 33 heavy (non-hydrogen) atoms. The molecule has 0 aliphatic heterocycles. The van der Waals surface area contributed by atoms with Gasteiger partial charge in [0.2, 0.25) is 5.95 Å². The van der Waals surface area contributed by atoms with Crippen LogP contribution in [0.5, 0.6) is 5.75 Å². The maximum Gasteiger partial charge on any atom is 0.224 e. The summed E-state index contributed by atoms with van der Waals surface area (Å²) < 4.78 is 5.45. The lowest BCUT2D eigenvalue weighted by atomic mass is 9.95. The van der Waals surface area contributed by atoms with Gasteiger partial charge in [-0.25, -0.2) is 15.0 Å². The highest BCUT2D eigenvalue weighted by Gasteiger charge is 2.18. The summed E-state index contributed by atoms with van der Waals surface area (Å²) in [5.41, 5.74) is 2.48. The van der Waals surface area contributed by atoms with E-state index >= 15 is 0 Å². The van der Waals surface area contributed by atoms with Gasteiger partial charge in [-0.1, -0.05) is 44.7 Å². The minimum Gasteiger partial charge on any atom is -0.495 e. The van der Waals surface area contributed by atoms with Crippen molar-refractivity contribution in [3.8, 4) is 17.0 Å². The molecule has 2 aromatic heterocycles. The highest BCUT2D eigenvalue weighted by atomic mass is 16.5. The van der Waals surface area contributed by atoms with Crippen molar-refractivity contribution < 1.29 is 4.74 Å². The second-order valence-electron chi connectivity index (χ2n) is 8.33. The number of para-hydroxylation sites is 2. The number of hydrogen-bond donors (Lipinski definition) is 3. The fourth-order valence-electron chi connectivity index (χ4n) is 4.04. The Hall–Kier alpha value is -3.42. The van der Waals surface area contributed by atoms with Crippen LogP contribution in [0.15, 0.2) is 42.9 Å². The van der Waals surface area contributed by atoms with Gasteiger partial charge in [-0.15, -0.1) is 0 Å². The van der Waals surface area contributed by atoms with Gasteiger partial charge in [-0.2, -0.15) is 4.98 Å². The van der Waals surface area contributed by atoms with E-state index in [2.05, 4.69) is 37.8 Å². The van der Waals surface area contributed by atoms with Crippen LogP contribution < -0.4 is 20.7 Å². The predicted molar refractivity (Wildman–Crippen MR) is 133 cm³/mol. The molecule has 2 heterocycles. The Morgan fingerprint density at radius 1 is 1.06 bits per heavy atom. The van der Waals surface area contributed by atoms with E-state index < -0.39 is 0 Å². The van der Waals surface area contributed by atoms with E-state index in [1.807, 2.05) is 36.5 Å². The molecule has 0 spiro atoms. The zero-order valence-electron chi connectivity index (χ0n) is 19.5. The summed E-state index contributed by atoms with van der Waals surface area (Å²) >= 11 is 0. The zero-order chi connectivity index (χ0) is 22.9. The molecular weight excluding hydrogens is 414 g/mol. The van der Waals surface area contributed by atoms with E-state index in [9.17, 15) is 0 Å². The van der Waals surface area contributed by atoms with E-state index in [0.717, 1.165) is 60.7 Å². The molecule has 1 fully saturated rings. The molecule has 8 nitrogen and oxygen atoms in total. The summed E-state index contributed by atoms with van der Waals surface area (Å²) in [6.45, 7) is 3.03. The smallest absolute Gasteiger partial charge is 0.224 e. The standard InChI is InChI=1S/C25H33N7O/c1-3-4-14-26-25-27-16-19(24(32-25)30-18-10-6-5-7-11-18)21-15-23(29-17-28-21)31-20-12-8-9-13-22(20)33-2/h8-9,12-13,15-18H,3-7,10-11,14H2,1-2H3,(H,28,29,31)(H2,26,27,30,32). The molecule has 1 aliphatic carbocycles. The summed E-state index contributed by atoms with van der Waals surface area (Å²) in [6.07, 6.45) is 11.7. The molecule has 0 saturated heterocycles. The van der Waals surface area contributed by atoms with E-state index in [1.54, 1.807) is 13.4 Å². The lowest BCUT2D eigenvalue weighted by molar-refractivity contribution is 0.417. The molecule has 1 aromatic carbocycles. The van der Waals surface area contributed by atoms with Crippen molar-refractivity contribution in [1.82, 2.24) is 19.9 Å². The number of methoxy groups -OCH3 is 1. The largest absolute Gasteiger partial charge is 0.495 e. The average Bonchev–Trinajstić information content (AvgIpc) is 2.85. The molecule has 1 saturated carbocycles. The molecule has 8 heteroatoms. The van der Waals surface area contributed by atoms with Crippen molar-refractivity contribution >= 4 is 23.3 Å². The van der Waals surface area contributed by atoms with Gasteiger partial charge < -0.3 is 20.7 Å². The third-order valence-electron chi connectivity index (χ3n) is 5.86. The number of nitrogens with one attached hydrogen (secondary N) is 3. The molecule has 174 valence electrons. The molecular formula is C25H33N7O. The third-order valence-corrected chi connectivity index (χ3v) is 5.86. The fourth-order valence-corrected chi connectivity index (χ4v) is 4.04. The second-order valence-corrected chi connectivity index (χ2v) is 8.33. The highest BCUT2D eigenvalue weighted by molar-refractivity contribution is 5.75. The number of benzene rings is 1. The van der Waals surface area contributed by atoms with Gasteiger partial charge in [-0.3, -0.25) is 0 Å². The molecule has 3 aromatic rings. The first-order chi connectivity index (χ1) is 16.3. The van der Waals surface area contributed by atoms with Crippen LogP contribution >= 0.6 is 0 Å². The van der Waals surface area contributed by atoms with Gasteiger partial charge in [0, 0.05) is 24.8 Å². The first kappa shape index (κ1) is 22.8. The minimum atomic E-state index is 0.420. The van der Waals surface area contributed by atoms with Gasteiger partial charge in [0.25, 0.3) is 0 Å². The summed E-state index contributed by atoms with van der Waals surface area (Å²) in [5, 5.41) is 10.3. The molecule has 0 unspecified atom stereocenters. The predicted octanol–water partition coefficient (Wildman–Crippen LogP) is 5.64. The third kappa shape index (κ3) is 6.09. The topological polar surface area (TPSA) is 96.9 Å². The number of aromatic nitrogens is 4. The number of hydrogen-bond acceptors (Lipinski definition) is 8. The maximum atomic E-state index is 5.45. The Balaban J connectivity index is 1.61.